The predicted molar refractivity (Wildman–Crippen MR) is 111 cm³/mol. The van der Waals surface area contributed by atoms with Crippen LogP contribution in [-0.4, -0.2) is 18.4 Å². The molecular formula is C21H27N3O2S. The van der Waals surface area contributed by atoms with Gasteiger partial charge in [-0.05, 0) is 48.4 Å². The monoisotopic (exact) mass is 385 g/mol. The van der Waals surface area contributed by atoms with Crippen molar-refractivity contribution in [2.75, 3.05) is 17.2 Å². The van der Waals surface area contributed by atoms with Crippen LogP contribution >= 0.6 is 11.3 Å². The SMILES string of the molecule is NCC1(CC(=O)Nc2ccccc2NC(=O)Cc2cccs2)CCCCC1. The minimum absolute atomic E-state index is 0.0395. The lowest BCUT2D eigenvalue weighted by Crippen LogP contribution is -2.36. The molecule has 0 unspecified atom stereocenters. The molecule has 0 radical (unpaired) electrons. The summed E-state index contributed by atoms with van der Waals surface area (Å²) in [6.45, 7) is 0.541. The first-order chi connectivity index (χ1) is 13.1. The molecule has 0 atom stereocenters. The van der Waals surface area contributed by atoms with Crippen molar-refractivity contribution in [1.82, 2.24) is 0 Å². The summed E-state index contributed by atoms with van der Waals surface area (Å²) < 4.78 is 0. The predicted octanol–water partition coefficient (Wildman–Crippen LogP) is 4.17. The molecule has 0 spiro atoms. The van der Waals surface area contributed by atoms with Crippen molar-refractivity contribution in [3.05, 3.63) is 46.7 Å². The van der Waals surface area contributed by atoms with Gasteiger partial charge in [-0.25, -0.2) is 0 Å². The van der Waals surface area contributed by atoms with E-state index in [-0.39, 0.29) is 17.2 Å². The molecule has 1 aromatic carbocycles. The number of nitrogens with one attached hydrogen (secondary N) is 2. The maximum Gasteiger partial charge on any atom is 0.229 e. The van der Waals surface area contributed by atoms with Crippen LogP contribution in [0.15, 0.2) is 41.8 Å². The number of nitrogens with two attached hydrogens (primary N) is 1. The number of hydrogen-bond acceptors (Lipinski definition) is 4. The van der Waals surface area contributed by atoms with Crippen LogP contribution in [0.25, 0.3) is 0 Å². The van der Waals surface area contributed by atoms with Gasteiger partial charge in [-0.3, -0.25) is 9.59 Å². The first kappa shape index (κ1) is 19.6. The van der Waals surface area contributed by atoms with E-state index in [0.29, 0.717) is 30.8 Å². The molecule has 1 aliphatic rings. The lowest BCUT2D eigenvalue weighted by atomic mass is 9.71. The van der Waals surface area contributed by atoms with E-state index in [1.807, 2.05) is 35.7 Å². The summed E-state index contributed by atoms with van der Waals surface area (Å²) in [7, 11) is 0. The third-order valence-electron chi connectivity index (χ3n) is 5.27. The molecule has 5 nitrogen and oxygen atoms in total. The largest absolute Gasteiger partial charge is 0.330 e. The van der Waals surface area contributed by atoms with E-state index in [4.69, 9.17) is 5.73 Å². The number of anilines is 2. The van der Waals surface area contributed by atoms with Gasteiger partial charge >= 0.3 is 0 Å². The van der Waals surface area contributed by atoms with Crippen molar-refractivity contribution in [2.24, 2.45) is 11.1 Å². The molecule has 0 bridgehead atoms. The second-order valence-electron chi connectivity index (χ2n) is 7.34. The Balaban J connectivity index is 1.63. The minimum Gasteiger partial charge on any atom is -0.330 e. The van der Waals surface area contributed by atoms with Crippen LogP contribution in [0, 0.1) is 5.41 Å². The van der Waals surface area contributed by atoms with Gasteiger partial charge in [0.25, 0.3) is 0 Å². The summed E-state index contributed by atoms with van der Waals surface area (Å²) in [5.41, 5.74) is 7.17. The third-order valence-corrected chi connectivity index (χ3v) is 6.15. The van der Waals surface area contributed by atoms with Crippen molar-refractivity contribution in [3.8, 4) is 0 Å². The number of amides is 2. The standard InChI is InChI=1S/C21H27N3O2S/c22-15-21(10-4-1-5-11-21)14-20(26)24-18-9-3-2-8-17(18)23-19(25)13-16-7-6-12-27-16/h2-3,6-9,12H,1,4-5,10-11,13-15,22H2,(H,23,25)(H,24,26). The number of para-hydroxylation sites is 2. The van der Waals surface area contributed by atoms with Crippen LogP contribution in [0.4, 0.5) is 11.4 Å². The zero-order chi connectivity index (χ0) is 19.1. The fraction of sp³-hybridized carbons (Fsp3) is 0.429. The summed E-state index contributed by atoms with van der Waals surface area (Å²) in [4.78, 5) is 26.0. The molecule has 0 saturated heterocycles. The van der Waals surface area contributed by atoms with Gasteiger partial charge in [0.15, 0.2) is 0 Å². The topological polar surface area (TPSA) is 84.2 Å². The highest BCUT2D eigenvalue weighted by atomic mass is 32.1. The summed E-state index contributed by atoms with van der Waals surface area (Å²) >= 11 is 1.56. The van der Waals surface area contributed by atoms with Crippen LogP contribution in [-0.2, 0) is 16.0 Å². The van der Waals surface area contributed by atoms with Crippen LogP contribution < -0.4 is 16.4 Å². The Hall–Kier alpha value is -2.18. The van der Waals surface area contributed by atoms with Gasteiger partial charge in [-0.2, -0.15) is 0 Å². The Bertz CT molecular complexity index is 767. The average Bonchev–Trinajstić information content (AvgIpc) is 3.17. The van der Waals surface area contributed by atoms with Gasteiger partial charge in [0.1, 0.15) is 0 Å². The van der Waals surface area contributed by atoms with Crippen molar-refractivity contribution in [1.29, 1.82) is 0 Å². The number of hydrogen-bond donors (Lipinski definition) is 3. The summed E-state index contributed by atoms with van der Waals surface area (Å²) in [5, 5.41) is 7.84. The zero-order valence-corrected chi connectivity index (χ0v) is 16.3. The number of rotatable bonds is 7. The zero-order valence-electron chi connectivity index (χ0n) is 15.5. The van der Waals surface area contributed by atoms with Gasteiger partial charge in [-0.1, -0.05) is 37.5 Å². The maximum atomic E-state index is 12.7. The second-order valence-corrected chi connectivity index (χ2v) is 8.37. The van der Waals surface area contributed by atoms with E-state index in [9.17, 15) is 9.59 Å². The van der Waals surface area contributed by atoms with Crippen molar-refractivity contribution in [2.45, 2.75) is 44.9 Å². The molecule has 1 saturated carbocycles. The Morgan fingerprint density at radius 1 is 0.963 bits per heavy atom. The maximum absolute atomic E-state index is 12.7. The van der Waals surface area contributed by atoms with Gasteiger partial charge in [0.2, 0.25) is 11.8 Å². The van der Waals surface area contributed by atoms with E-state index in [0.717, 1.165) is 30.6 Å². The van der Waals surface area contributed by atoms with Crippen LogP contribution in [0.2, 0.25) is 0 Å². The molecule has 27 heavy (non-hydrogen) atoms. The quantitative estimate of drug-likeness (QED) is 0.669. The highest BCUT2D eigenvalue weighted by Gasteiger charge is 2.33. The molecule has 1 aromatic heterocycles. The Morgan fingerprint density at radius 2 is 1.63 bits per heavy atom. The fourth-order valence-electron chi connectivity index (χ4n) is 3.76. The minimum atomic E-state index is -0.0927. The molecule has 3 rings (SSSR count). The van der Waals surface area contributed by atoms with Crippen LogP contribution in [0.5, 0.6) is 0 Å². The van der Waals surface area contributed by atoms with E-state index in [1.165, 1.54) is 6.42 Å². The van der Waals surface area contributed by atoms with E-state index >= 15 is 0 Å². The first-order valence-corrected chi connectivity index (χ1v) is 10.4. The van der Waals surface area contributed by atoms with Crippen molar-refractivity contribution in [3.63, 3.8) is 0 Å². The highest BCUT2D eigenvalue weighted by molar-refractivity contribution is 7.10. The van der Waals surface area contributed by atoms with Crippen molar-refractivity contribution >= 4 is 34.5 Å². The Morgan fingerprint density at radius 3 is 2.22 bits per heavy atom. The van der Waals surface area contributed by atoms with Gasteiger partial charge in [0, 0.05) is 11.3 Å². The first-order valence-electron chi connectivity index (χ1n) is 9.51. The number of carbonyl (C=O) groups excluding carboxylic acids is 2. The molecule has 1 heterocycles. The Labute approximate surface area is 164 Å². The van der Waals surface area contributed by atoms with E-state index in [1.54, 1.807) is 17.4 Å². The van der Waals surface area contributed by atoms with E-state index in [2.05, 4.69) is 10.6 Å². The molecule has 1 aliphatic carbocycles. The lowest BCUT2D eigenvalue weighted by Gasteiger charge is -2.35. The molecule has 2 amide bonds. The molecule has 4 N–H and O–H groups in total. The fourth-order valence-corrected chi connectivity index (χ4v) is 4.46. The van der Waals surface area contributed by atoms with Gasteiger partial charge in [-0.15, -0.1) is 11.3 Å². The second kappa shape index (κ2) is 9.15. The van der Waals surface area contributed by atoms with Gasteiger partial charge in [0.05, 0.1) is 17.8 Å². The number of carbonyl (C=O) groups is 2. The van der Waals surface area contributed by atoms with E-state index < -0.39 is 0 Å². The molecule has 0 aliphatic heterocycles. The molecule has 144 valence electrons. The average molecular weight is 386 g/mol. The normalized spacial score (nSPS) is 15.9. The van der Waals surface area contributed by atoms with Gasteiger partial charge < -0.3 is 16.4 Å². The number of benzene rings is 1. The van der Waals surface area contributed by atoms with Crippen LogP contribution in [0.3, 0.4) is 0 Å². The smallest absolute Gasteiger partial charge is 0.229 e. The molecule has 1 fully saturated rings. The van der Waals surface area contributed by atoms with Crippen molar-refractivity contribution < 1.29 is 9.59 Å². The highest BCUT2D eigenvalue weighted by Crippen LogP contribution is 2.38. The Kier molecular flexibility index (Phi) is 6.63. The third kappa shape index (κ3) is 5.40. The summed E-state index contributed by atoms with van der Waals surface area (Å²) in [6.07, 6.45) is 6.28. The lowest BCUT2D eigenvalue weighted by molar-refractivity contribution is -0.119. The van der Waals surface area contributed by atoms with Crippen LogP contribution in [0.1, 0.15) is 43.4 Å². The molecular weight excluding hydrogens is 358 g/mol. The molecule has 6 heteroatoms. The summed E-state index contributed by atoms with van der Waals surface area (Å²) in [6, 6.07) is 11.2. The summed E-state index contributed by atoms with van der Waals surface area (Å²) in [5.74, 6) is -0.132. The number of thiophene rings is 1. The molecule has 2 aromatic rings.